The van der Waals surface area contributed by atoms with Crippen molar-refractivity contribution in [3.05, 3.63) is 91.9 Å². The van der Waals surface area contributed by atoms with E-state index in [4.69, 9.17) is 19.2 Å². The molecular weight excluding hydrogens is 566 g/mol. The van der Waals surface area contributed by atoms with Crippen LogP contribution in [0.2, 0.25) is 0 Å². The molecule has 0 fully saturated rings. The van der Waals surface area contributed by atoms with Crippen LogP contribution in [0.5, 0.6) is 17.2 Å². The molecule has 10 heteroatoms. The number of unbranched alkanes of at least 4 members (excludes halogenated alkanes) is 1. The summed E-state index contributed by atoms with van der Waals surface area (Å²) in [6.45, 7) is 2.19. The molecule has 0 aliphatic carbocycles. The van der Waals surface area contributed by atoms with Gasteiger partial charge < -0.3 is 19.3 Å². The topological polar surface area (TPSA) is 112 Å². The van der Waals surface area contributed by atoms with Gasteiger partial charge in [-0.25, -0.2) is 9.78 Å². The van der Waals surface area contributed by atoms with E-state index in [1.807, 2.05) is 12.1 Å². The minimum atomic E-state index is -1.01. The van der Waals surface area contributed by atoms with E-state index in [2.05, 4.69) is 28.0 Å². The minimum absolute atomic E-state index is 0.107. The third-order valence-corrected chi connectivity index (χ3v) is 6.48. The van der Waals surface area contributed by atoms with Crippen LogP contribution < -0.4 is 19.8 Å². The van der Waals surface area contributed by atoms with Gasteiger partial charge in [-0.15, -0.1) is 0 Å². The van der Waals surface area contributed by atoms with Crippen molar-refractivity contribution in [2.24, 2.45) is 5.10 Å². The standard InChI is InChI=1S/C29H28BrN3O6/c1-4-5-9-26-32-23-11-10-21(30)15-22(23)28(34)33(26)31-16-19-13-24(37-2)27(25(14-19)38-3)39-17-18-7-6-8-20(12-18)29(35)36/h6-8,10-16H,4-5,9,17H2,1-3H3,(H,35,36). The fraction of sp³-hybridized carbons (Fsp3) is 0.241. The Labute approximate surface area is 233 Å². The summed E-state index contributed by atoms with van der Waals surface area (Å²) in [5, 5.41) is 14.2. The Hall–Kier alpha value is -4.18. The molecule has 0 atom stereocenters. The number of aromatic carboxylic acids is 1. The third-order valence-electron chi connectivity index (χ3n) is 5.99. The van der Waals surface area contributed by atoms with Gasteiger partial charge in [0.05, 0.1) is 36.9 Å². The first-order valence-corrected chi connectivity index (χ1v) is 13.1. The number of nitrogens with zero attached hydrogens (tertiary/aromatic N) is 3. The molecule has 0 amide bonds. The van der Waals surface area contributed by atoms with E-state index in [1.165, 1.54) is 25.0 Å². The maximum absolute atomic E-state index is 13.4. The van der Waals surface area contributed by atoms with Gasteiger partial charge in [0, 0.05) is 16.5 Å². The Morgan fingerprint density at radius 3 is 2.51 bits per heavy atom. The van der Waals surface area contributed by atoms with Gasteiger partial charge in [0.15, 0.2) is 11.5 Å². The molecule has 4 rings (SSSR count). The Kier molecular flexibility index (Phi) is 8.98. The number of hydrogen-bond acceptors (Lipinski definition) is 7. The van der Waals surface area contributed by atoms with E-state index in [-0.39, 0.29) is 17.7 Å². The zero-order valence-corrected chi connectivity index (χ0v) is 23.4. The second-order valence-corrected chi connectivity index (χ2v) is 9.62. The Morgan fingerprint density at radius 2 is 1.85 bits per heavy atom. The number of aromatic nitrogens is 2. The van der Waals surface area contributed by atoms with Crippen LogP contribution in [0.4, 0.5) is 0 Å². The van der Waals surface area contributed by atoms with Gasteiger partial charge in [0.1, 0.15) is 12.4 Å². The van der Waals surface area contributed by atoms with Crippen LogP contribution in [-0.4, -0.2) is 41.2 Å². The lowest BCUT2D eigenvalue weighted by atomic mass is 10.1. The summed E-state index contributed by atoms with van der Waals surface area (Å²) in [5.41, 5.74) is 1.84. The molecule has 39 heavy (non-hydrogen) atoms. The SMILES string of the molecule is CCCCc1nc2ccc(Br)cc2c(=O)n1N=Cc1cc(OC)c(OCc2cccc(C(=O)O)c2)c(OC)c1. The monoisotopic (exact) mass is 593 g/mol. The average molecular weight is 594 g/mol. The summed E-state index contributed by atoms with van der Waals surface area (Å²) in [7, 11) is 3.01. The Balaban J connectivity index is 1.68. The molecule has 1 N–H and O–H groups in total. The van der Waals surface area contributed by atoms with E-state index in [0.717, 1.165) is 17.3 Å². The lowest BCUT2D eigenvalue weighted by Gasteiger charge is -2.15. The second-order valence-electron chi connectivity index (χ2n) is 8.70. The van der Waals surface area contributed by atoms with Crippen LogP contribution in [0.1, 0.15) is 47.1 Å². The van der Waals surface area contributed by atoms with E-state index in [1.54, 1.807) is 42.6 Å². The van der Waals surface area contributed by atoms with Crippen molar-refractivity contribution >= 4 is 39.0 Å². The van der Waals surface area contributed by atoms with Crippen molar-refractivity contribution in [2.75, 3.05) is 14.2 Å². The van der Waals surface area contributed by atoms with Crippen molar-refractivity contribution in [3.8, 4) is 17.2 Å². The number of benzene rings is 3. The van der Waals surface area contributed by atoms with Gasteiger partial charge in [0.25, 0.3) is 5.56 Å². The molecule has 0 unspecified atom stereocenters. The van der Waals surface area contributed by atoms with Gasteiger partial charge in [-0.2, -0.15) is 9.78 Å². The molecular formula is C29H28BrN3O6. The second kappa shape index (κ2) is 12.6. The predicted molar refractivity (Wildman–Crippen MR) is 153 cm³/mol. The maximum Gasteiger partial charge on any atom is 0.335 e. The van der Waals surface area contributed by atoms with E-state index in [9.17, 15) is 14.7 Å². The minimum Gasteiger partial charge on any atom is -0.493 e. The number of hydrogen-bond donors (Lipinski definition) is 1. The van der Waals surface area contributed by atoms with Crippen molar-refractivity contribution in [1.82, 2.24) is 9.66 Å². The number of carboxylic acid groups (broad SMARTS) is 1. The number of aryl methyl sites for hydroxylation is 1. The normalized spacial score (nSPS) is 11.2. The van der Waals surface area contributed by atoms with Crippen LogP contribution in [0.3, 0.4) is 0 Å². The highest BCUT2D eigenvalue weighted by molar-refractivity contribution is 9.10. The van der Waals surface area contributed by atoms with Crippen molar-refractivity contribution in [1.29, 1.82) is 0 Å². The van der Waals surface area contributed by atoms with Crippen LogP contribution in [0.15, 0.2) is 69.0 Å². The molecule has 1 heterocycles. The van der Waals surface area contributed by atoms with Crippen LogP contribution >= 0.6 is 15.9 Å². The van der Waals surface area contributed by atoms with Gasteiger partial charge in [-0.05, 0) is 54.4 Å². The zero-order chi connectivity index (χ0) is 27.9. The summed E-state index contributed by atoms with van der Waals surface area (Å²) in [5.74, 6) is 0.710. The van der Waals surface area contributed by atoms with Crippen molar-refractivity contribution < 1.29 is 24.1 Å². The summed E-state index contributed by atoms with van der Waals surface area (Å²) < 4.78 is 19.2. The lowest BCUT2D eigenvalue weighted by molar-refractivity contribution is 0.0696. The highest BCUT2D eigenvalue weighted by atomic mass is 79.9. The molecule has 0 saturated heterocycles. The number of halogens is 1. The van der Waals surface area contributed by atoms with Gasteiger partial charge in [0.2, 0.25) is 5.75 Å². The van der Waals surface area contributed by atoms with Crippen LogP contribution in [-0.2, 0) is 13.0 Å². The largest absolute Gasteiger partial charge is 0.493 e. The summed E-state index contributed by atoms with van der Waals surface area (Å²) in [4.78, 5) is 29.3. The number of fused-ring (bicyclic) bond motifs is 1. The lowest BCUT2D eigenvalue weighted by Crippen LogP contribution is -2.22. The van der Waals surface area contributed by atoms with Gasteiger partial charge >= 0.3 is 5.97 Å². The number of carboxylic acids is 1. The molecule has 0 aliphatic rings. The Morgan fingerprint density at radius 1 is 1.10 bits per heavy atom. The van der Waals surface area contributed by atoms with Crippen LogP contribution in [0, 0.1) is 0 Å². The quantitative estimate of drug-likeness (QED) is 0.223. The number of ether oxygens (including phenoxy) is 3. The summed E-state index contributed by atoms with van der Waals surface area (Å²) >= 11 is 3.42. The molecule has 0 bridgehead atoms. The van der Waals surface area contributed by atoms with Crippen LogP contribution in [0.25, 0.3) is 10.9 Å². The molecule has 9 nitrogen and oxygen atoms in total. The first-order valence-electron chi connectivity index (χ1n) is 12.3. The number of rotatable bonds is 11. The molecule has 0 spiro atoms. The van der Waals surface area contributed by atoms with Crippen molar-refractivity contribution in [2.45, 2.75) is 32.8 Å². The highest BCUT2D eigenvalue weighted by Crippen LogP contribution is 2.38. The molecule has 202 valence electrons. The number of carbonyl (C=O) groups is 1. The zero-order valence-electron chi connectivity index (χ0n) is 21.8. The van der Waals surface area contributed by atoms with Crippen molar-refractivity contribution in [3.63, 3.8) is 0 Å². The first kappa shape index (κ1) is 27.8. The summed E-state index contributed by atoms with van der Waals surface area (Å²) in [6, 6.07) is 15.4. The van der Waals surface area contributed by atoms with Gasteiger partial charge in [-0.3, -0.25) is 4.79 Å². The highest BCUT2D eigenvalue weighted by Gasteiger charge is 2.16. The maximum atomic E-state index is 13.4. The molecule has 0 saturated carbocycles. The molecule has 0 radical (unpaired) electrons. The van der Waals surface area contributed by atoms with E-state index < -0.39 is 5.97 Å². The number of methoxy groups -OCH3 is 2. The van der Waals surface area contributed by atoms with E-state index in [0.29, 0.717) is 51.5 Å². The molecule has 4 aromatic rings. The summed E-state index contributed by atoms with van der Waals surface area (Å²) in [6.07, 6.45) is 3.98. The fourth-order valence-electron chi connectivity index (χ4n) is 4.00. The Bertz CT molecular complexity index is 1570. The van der Waals surface area contributed by atoms with Gasteiger partial charge in [-0.1, -0.05) is 41.4 Å². The predicted octanol–water partition coefficient (Wildman–Crippen LogP) is 5.68. The molecule has 0 aliphatic heterocycles. The molecule has 3 aromatic carbocycles. The average Bonchev–Trinajstić information content (AvgIpc) is 2.94. The fourth-order valence-corrected chi connectivity index (χ4v) is 4.36. The molecule has 1 aromatic heterocycles. The third kappa shape index (κ3) is 6.46. The van der Waals surface area contributed by atoms with E-state index >= 15 is 0 Å². The first-order chi connectivity index (χ1) is 18.8. The smallest absolute Gasteiger partial charge is 0.335 e.